The molecule has 2 rings (SSSR count). The van der Waals surface area contributed by atoms with E-state index in [1.807, 2.05) is 12.1 Å². The minimum atomic E-state index is 0.510. The predicted molar refractivity (Wildman–Crippen MR) is 68.9 cm³/mol. The summed E-state index contributed by atoms with van der Waals surface area (Å²) in [6.07, 6.45) is 8.49. The lowest BCUT2D eigenvalue weighted by Gasteiger charge is -2.28. The van der Waals surface area contributed by atoms with Crippen LogP contribution in [0.25, 0.3) is 0 Å². The molecule has 88 valence electrons. The first-order chi connectivity index (χ1) is 7.74. The molecule has 3 heteroatoms. The lowest BCUT2D eigenvalue weighted by atomic mass is 9.83. The summed E-state index contributed by atoms with van der Waals surface area (Å²) >= 11 is 5.86. The van der Waals surface area contributed by atoms with Crippen LogP contribution in [-0.2, 0) is 0 Å². The molecule has 1 aliphatic rings. The largest absolute Gasteiger partial charge is 0.384 e. The van der Waals surface area contributed by atoms with E-state index in [2.05, 4.69) is 17.2 Å². The van der Waals surface area contributed by atoms with Crippen LogP contribution in [0.2, 0.25) is 5.15 Å². The van der Waals surface area contributed by atoms with Gasteiger partial charge in [-0.05, 0) is 36.8 Å². The molecule has 0 atom stereocenters. The number of hydrogen-bond acceptors (Lipinski definition) is 2. The van der Waals surface area contributed by atoms with Crippen LogP contribution in [0.1, 0.15) is 39.0 Å². The van der Waals surface area contributed by atoms with Crippen molar-refractivity contribution in [2.45, 2.75) is 39.0 Å². The molecule has 0 radical (unpaired) electrons. The Morgan fingerprint density at radius 2 is 2.19 bits per heavy atom. The van der Waals surface area contributed by atoms with Crippen LogP contribution < -0.4 is 5.32 Å². The lowest BCUT2D eigenvalue weighted by molar-refractivity contribution is 0.307. The summed E-state index contributed by atoms with van der Waals surface area (Å²) < 4.78 is 0. The maximum Gasteiger partial charge on any atom is 0.131 e. The Balaban J connectivity index is 1.95. The molecule has 1 aromatic rings. The van der Waals surface area contributed by atoms with Gasteiger partial charge >= 0.3 is 0 Å². The van der Waals surface area contributed by atoms with Crippen molar-refractivity contribution in [3.63, 3.8) is 0 Å². The number of rotatable bonds is 4. The first-order valence-electron chi connectivity index (χ1n) is 6.10. The molecule has 0 aromatic carbocycles. The summed E-state index contributed by atoms with van der Waals surface area (Å²) in [6, 6.07) is 3.87. The quantitative estimate of drug-likeness (QED) is 0.799. The molecule has 0 unspecified atom stereocenters. The summed E-state index contributed by atoms with van der Waals surface area (Å²) in [5, 5.41) is 4.05. The highest BCUT2D eigenvalue weighted by Gasteiger charge is 2.31. The minimum absolute atomic E-state index is 0.510. The number of anilines is 1. The van der Waals surface area contributed by atoms with E-state index in [9.17, 15) is 0 Å². The van der Waals surface area contributed by atoms with Crippen LogP contribution in [0.5, 0.6) is 0 Å². The Kier molecular flexibility index (Phi) is 3.70. The molecule has 1 N–H and O–H groups in total. The predicted octanol–water partition coefficient (Wildman–Crippen LogP) is 4.12. The van der Waals surface area contributed by atoms with Gasteiger partial charge in [-0.1, -0.05) is 31.4 Å². The third-order valence-electron chi connectivity index (χ3n) is 3.81. The number of hydrogen-bond donors (Lipinski definition) is 1. The molecule has 2 nitrogen and oxygen atoms in total. The molecule has 0 aliphatic heterocycles. The van der Waals surface area contributed by atoms with E-state index in [0.717, 1.165) is 12.2 Å². The second kappa shape index (κ2) is 5.05. The van der Waals surface area contributed by atoms with Gasteiger partial charge in [-0.25, -0.2) is 4.98 Å². The number of nitrogens with one attached hydrogen (secondary N) is 1. The normalized spacial score (nSPS) is 18.6. The second-order valence-corrected chi connectivity index (χ2v) is 5.17. The van der Waals surface area contributed by atoms with Gasteiger partial charge in [-0.2, -0.15) is 0 Å². The van der Waals surface area contributed by atoms with Crippen molar-refractivity contribution in [1.29, 1.82) is 0 Å². The maximum atomic E-state index is 5.86. The van der Waals surface area contributed by atoms with Crippen molar-refractivity contribution in [3.05, 3.63) is 23.5 Å². The van der Waals surface area contributed by atoms with E-state index >= 15 is 0 Å². The number of pyridine rings is 1. The molecular weight excluding hydrogens is 220 g/mol. The van der Waals surface area contributed by atoms with Gasteiger partial charge in [0.15, 0.2) is 0 Å². The molecule has 0 saturated heterocycles. The molecule has 1 saturated carbocycles. The zero-order valence-corrected chi connectivity index (χ0v) is 10.6. The molecule has 1 heterocycles. The fraction of sp³-hybridized carbons (Fsp3) is 0.615. The third-order valence-corrected chi connectivity index (χ3v) is 4.01. The molecular formula is C13H19ClN2. The van der Waals surface area contributed by atoms with E-state index in [4.69, 9.17) is 11.6 Å². The van der Waals surface area contributed by atoms with Gasteiger partial charge < -0.3 is 5.32 Å². The van der Waals surface area contributed by atoms with Gasteiger partial charge in [0.25, 0.3) is 0 Å². The van der Waals surface area contributed by atoms with Crippen LogP contribution in [0, 0.1) is 5.41 Å². The summed E-state index contributed by atoms with van der Waals surface area (Å²) in [5.74, 6) is 0. The van der Waals surface area contributed by atoms with Crippen LogP contribution in [0.15, 0.2) is 18.3 Å². The Labute approximate surface area is 102 Å². The van der Waals surface area contributed by atoms with E-state index in [1.54, 1.807) is 6.20 Å². The summed E-state index contributed by atoms with van der Waals surface area (Å²) in [6.45, 7) is 3.36. The van der Waals surface area contributed by atoms with Crippen molar-refractivity contribution < 1.29 is 0 Å². The lowest BCUT2D eigenvalue weighted by Crippen LogP contribution is -2.25. The van der Waals surface area contributed by atoms with Crippen molar-refractivity contribution in [2.75, 3.05) is 11.9 Å². The summed E-state index contributed by atoms with van der Waals surface area (Å²) in [7, 11) is 0. The van der Waals surface area contributed by atoms with Gasteiger partial charge in [-0.3, -0.25) is 0 Å². The average molecular weight is 239 g/mol. The molecule has 1 aromatic heterocycles. The van der Waals surface area contributed by atoms with E-state index in [1.165, 1.54) is 32.1 Å². The molecule has 1 aliphatic carbocycles. The van der Waals surface area contributed by atoms with Gasteiger partial charge in [0.05, 0.1) is 0 Å². The van der Waals surface area contributed by atoms with Crippen LogP contribution in [0.4, 0.5) is 5.69 Å². The fourth-order valence-electron chi connectivity index (χ4n) is 2.58. The third kappa shape index (κ3) is 2.67. The van der Waals surface area contributed by atoms with Gasteiger partial charge in [0.2, 0.25) is 0 Å². The van der Waals surface area contributed by atoms with Gasteiger partial charge in [0, 0.05) is 18.4 Å². The first kappa shape index (κ1) is 11.7. The fourth-order valence-corrected chi connectivity index (χ4v) is 2.76. The number of aromatic nitrogens is 1. The summed E-state index contributed by atoms with van der Waals surface area (Å²) in [4.78, 5) is 3.98. The Bertz CT molecular complexity index is 346. The molecule has 1 fully saturated rings. The highest BCUT2D eigenvalue weighted by molar-refractivity contribution is 6.29. The Morgan fingerprint density at radius 1 is 1.44 bits per heavy atom. The highest BCUT2D eigenvalue weighted by atomic mass is 35.5. The number of nitrogens with zero attached hydrogens (tertiary/aromatic N) is 1. The molecule has 0 amide bonds. The topological polar surface area (TPSA) is 24.9 Å². The zero-order chi connectivity index (χ0) is 11.4. The van der Waals surface area contributed by atoms with Crippen LogP contribution in [-0.4, -0.2) is 11.5 Å². The monoisotopic (exact) mass is 238 g/mol. The number of halogens is 1. The average Bonchev–Trinajstić information content (AvgIpc) is 2.76. The highest BCUT2D eigenvalue weighted by Crippen LogP contribution is 2.40. The molecule has 16 heavy (non-hydrogen) atoms. The Hall–Kier alpha value is -0.760. The van der Waals surface area contributed by atoms with E-state index < -0.39 is 0 Å². The maximum absolute atomic E-state index is 5.86. The smallest absolute Gasteiger partial charge is 0.131 e. The minimum Gasteiger partial charge on any atom is -0.384 e. The van der Waals surface area contributed by atoms with Crippen LogP contribution >= 0.6 is 11.6 Å². The van der Waals surface area contributed by atoms with Gasteiger partial charge in [0.1, 0.15) is 5.15 Å². The second-order valence-electron chi connectivity index (χ2n) is 4.78. The Morgan fingerprint density at radius 3 is 2.81 bits per heavy atom. The molecule has 0 spiro atoms. The van der Waals surface area contributed by atoms with E-state index in [0.29, 0.717) is 10.6 Å². The zero-order valence-electron chi connectivity index (χ0n) is 9.80. The first-order valence-corrected chi connectivity index (χ1v) is 6.47. The van der Waals surface area contributed by atoms with Crippen molar-refractivity contribution in [2.24, 2.45) is 5.41 Å². The SMILES string of the molecule is CCC1(CNc2ccnc(Cl)c2)CCCC1. The van der Waals surface area contributed by atoms with Crippen molar-refractivity contribution in [3.8, 4) is 0 Å². The van der Waals surface area contributed by atoms with Crippen molar-refractivity contribution in [1.82, 2.24) is 4.98 Å². The van der Waals surface area contributed by atoms with Crippen LogP contribution in [0.3, 0.4) is 0 Å². The summed E-state index contributed by atoms with van der Waals surface area (Å²) in [5.41, 5.74) is 1.59. The molecule has 0 bridgehead atoms. The van der Waals surface area contributed by atoms with E-state index in [-0.39, 0.29) is 0 Å². The van der Waals surface area contributed by atoms with Gasteiger partial charge in [-0.15, -0.1) is 0 Å². The van der Waals surface area contributed by atoms with Crippen molar-refractivity contribution >= 4 is 17.3 Å². The standard InChI is InChI=1S/C13H19ClN2/c1-2-13(6-3-4-7-13)10-16-11-5-8-15-12(14)9-11/h5,8-9H,2-4,6-7,10H2,1H3,(H,15,16).